The second-order valence-electron chi connectivity index (χ2n) is 3.62. The number of nitrogens with one attached hydrogen (secondary N) is 1. The van der Waals surface area contributed by atoms with Crippen molar-refractivity contribution < 1.29 is 0 Å². The molecule has 0 aromatic carbocycles. The smallest absolute Gasteiger partial charge is 0.137 e. The Bertz CT molecular complexity index is 486. The Labute approximate surface area is 81.7 Å². The Hall–Kier alpha value is -1.55. The van der Waals surface area contributed by atoms with Gasteiger partial charge in [0.15, 0.2) is 0 Å². The number of rotatable bonds is 0. The Kier molecular flexibility index (Phi) is 1.52. The summed E-state index contributed by atoms with van der Waals surface area (Å²) in [6, 6.07) is 3.86. The molecule has 3 N–H and O–H groups in total. The molecule has 0 bridgehead atoms. The number of hydrogen-bond acceptors (Lipinski definition) is 3. The number of anilines is 1. The standard InChI is InChI=1S/C10H12N4/c11-7-1-2-10-13-8-5-12-4-3-9(8)14(10)6-7/h1-2,6,12H,3-5,11H2. The van der Waals surface area contributed by atoms with Gasteiger partial charge < -0.3 is 15.5 Å². The molecule has 0 saturated heterocycles. The Morgan fingerprint density at radius 3 is 3.29 bits per heavy atom. The van der Waals surface area contributed by atoms with Crippen molar-refractivity contribution in [2.24, 2.45) is 0 Å². The maximum Gasteiger partial charge on any atom is 0.137 e. The van der Waals surface area contributed by atoms with Crippen LogP contribution in [0.1, 0.15) is 11.4 Å². The zero-order chi connectivity index (χ0) is 9.54. The molecule has 0 saturated carbocycles. The van der Waals surface area contributed by atoms with Gasteiger partial charge in [0.25, 0.3) is 0 Å². The van der Waals surface area contributed by atoms with E-state index in [0.717, 1.165) is 36.5 Å². The molecule has 0 unspecified atom stereocenters. The first-order valence-corrected chi connectivity index (χ1v) is 4.80. The van der Waals surface area contributed by atoms with Gasteiger partial charge >= 0.3 is 0 Å². The molecule has 2 aromatic rings. The van der Waals surface area contributed by atoms with E-state index < -0.39 is 0 Å². The number of imidazole rings is 1. The number of hydrogen-bond donors (Lipinski definition) is 2. The SMILES string of the molecule is Nc1ccc2nc3c(n2c1)CCNC3. The quantitative estimate of drug-likeness (QED) is 0.635. The Balaban J connectivity index is 2.32. The lowest BCUT2D eigenvalue weighted by Gasteiger charge is -2.11. The van der Waals surface area contributed by atoms with Crippen LogP contribution in [0.2, 0.25) is 0 Å². The number of aromatic nitrogens is 2. The maximum atomic E-state index is 5.75. The van der Waals surface area contributed by atoms with E-state index in [9.17, 15) is 0 Å². The zero-order valence-corrected chi connectivity index (χ0v) is 7.83. The molecule has 1 aliphatic heterocycles. The van der Waals surface area contributed by atoms with E-state index in [4.69, 9.17) is 5.73 Å². The van der Waals surface area contributed by atoms with Gasteiger partial charge in [0.1, 0.15) is 5.65 Å². The molecule has 3 heterocycles. The van der Waals surface area contributed by atoms with Gasteiger partial charge in [-0.15, -0.1) is 0 Å². The van der Waals surface area contributed by atoms with Gasteiger partial charge in [-0.3, -0.25) is 0 Å². The van der Waals surface area contributed by atoms with Crippen molar-refractivity contribution in [1.29, 1.82) is 0 Å². The normalized spacial score (nSPS) is 15.7. The van der Waals surface area contributed by atoms with Crippen LogP contribution in [0.4, 0.5) is 5.69 Å². The first kappa shape index (κ1) is 7.82. The molecule has 0 amide bonds. The fourth-order valence-corrected chi connectivity index (χ4v) is 1.98. The number of nitrogen functional groups attached to an aromatic ring is 1. The van der Waals surface area contributed by atoms with Crippen molar-refractivity contribution in [3.8, 4) is 0 Å². The molecular formula is C10H12N4. The van der Waals surface area contributed by atoms with Crippen molar-refractivity contribution in [2.75, 3.05) is 12.3 Å². The van der Waals surface area contributed by atoms with Crippen LogP contribution >= 0.6 is 0 Å². The van der Waals surface area contributed by atoms with Crippen LogP contribution in [0, 0.1) is 0 Å². The second kappa shape index (κ2) is 2.72. The third kappa shape index (κ3) is 1.01. The van der Waals surface area contributed by atoms with Gasteiger partial charge in [-0.25, -0.2) is 4.98 Å². The van der Waals surface area contributed by atoms with Gasteiger partial charge in [-0.1, -0.05) is 0 Å². The molecule has 72 valence electrons. The predicted octanol–water partition coefficient (Wildman–Crippen LogP) is 0.562. The van der Waals surface area contributed by atoms with E-state index >= 15 is 0 Å². The van der Waals surface area contributed by atoms with Crippen LogP contribution in [0.5, 0.6) is 0 Å². The number of nitrogens with zero attached hydrogens (tertiary/aromatic N) is 2. The van der Waals surface area contributed by atoms with Crippen LogP contribution in [-0.2, 0) is 13.0 Å². The first-order chi connectivity index (χ1) is 6.84. The van der Waals surface area contributed by atoms with Crippen molar-refractivity contribution in [3.05, 3.63) is 29.7 Å². The third-order valence-electron chi connectivity index (χ3n) is 2.65. The van der Waals surface area contributed by atoms with E-state index in [1.54, 1.807) is 0 Å². The van der Waals surface area contributed by atoms with Gasteiger partial charge in [0.2, 0.25) is 0 Å². The fraction of sp³-hybridized carbons (Fsp3) is 0.300. The molecule has 1 aliphatic rings. The van der Waals surface area contributed by atoms with Crippen LogP contribution < -0.4 is 11.1 Å². The summed E-state index contributed by atoms with van der Waals surface area (Å²) in [5, 5.41) is 3.31. The van der Waals surface area contributed by atoms with Gasteiger partial charge in [-0.05, 0) is 12.1 Å². The van der Waals surface area contributed by atoms with Crippen molar-refractivity contribution in [2.45, 2.75) is 13.0 Å². The predicted molar refractivity (Wildman–Crippen MR) is 55.0 cm³/mol. The molecule has 0 fully saturated rings. The molecule has 0 spiro atoms. The van der Waals surface area contributed by atoms with E-state index in [0.29, 0.717) is 0 Å². The summed E-state index contributed by atoms with van der Waals surface area (Å²) in [5.74, 6) is 0. The zero-order valence-electron chi connectivity index (χ0n) is 7.83. The first-order valence-electron chi connectivity index (χ1n) is 4.80. The van der Waals surface area contributed by atoms with E-state index in [1.165, 1.54) is 5.69 Å². The lowest BCUT2D eigenvalue weighted by Crippen LogP contribution is -2.24. The van der Waals surface area contributed by atoms with Crippen LogP contribution in [-0.4, -0.2) is 15.9 Å². The average molecular weight is 188 g/mol. The molecule has 0 atom stereocenters. The summed E-state index contributed by atoms with van der Waals surface area (Å²) in [5.41, 5.74) is 9.99. The average Bonchev–Trinajstić information content (AvgIpc) is 2.56. The molecule has 0 aliphatic carbocycles. The number of fused-ring (bicyclic) bond motifs is 3. The molecule has 2 aromatic heterocycles. The van der Waals surface area contributed by atoms with Crippen molar-refractivity contribution in [1.82, 2.24) is 14.7 Å². The second-order valence-corrected chi connectivity index (χ2v) is 3.62. The van der Waals surface area contributed by atoms with Crippen molar-refractivity contribution in [3.63, 3.8) is 0 Å². The summed E-state index contributed by atoms with van der Waals surface area (Å²) in [6.07, 6.45) is 2.98. The molecule has 14 heavy (non-hydrogen) atoms. The maximum absolute atomic E-state index is 5.75. The molecule has 3 rings (SSSR count). The molecule has 4 nitrogen and oxygen atoms in total. The highest BCUT2D eigenvalue weighted by molar-refractivity contribution is 5.50. The van der Waals surface area contributed by atoms with Crippen LogP contribution in [0.3, 0.4) is 0 Å². The van der Waals surface area contributed by atoms with E-state index in [1.807, 2.05) is 18.3 Å². The monoisotopic (exact) mass is 188 g/mol. The minimum atomic E-state index is 0.788. The largest absolute Gasteiger partial charge is 0.398 e. The number of nitrogens with two attached hydrogens (primary N) is 1. The summed E-state index contributed by atoms with van der Waals surface area (Å²) < 4.78 is 2.10. The lowest BCUT2D eigenvalue weighted by atomic mass is 10.2. The Morgan fingerprint density at radius 2 is 2.36 bits per heavy atom. The fourth-order valence-electron chi connectivity index (χ4n) is 1.98. The third-order valence-corrected chi connectivity index (χ3v) is 2.65. The topological polar surface area (TPSA) is 55.3 Å². The number of pyridine rings is 1. The molecular weight excluding hydrogens is 176 g/mol. The lowest BCUT2D eigenvalue weighted by molar-refractivity contribution is 0.623. The molecule has 0 radical (unpaired) electrons. The minimum absolute atomic E-state index is 0.788. The van der Waals surface area contributed by atoms with Gasteiger partial charge in [-0.2, -0.15) is 0 Å². The summed E-state index contributed by atoms with van der Waals surface area (Å²) in [7, 11) is 0. The molecule has 4 heteroatoms. The van der Waals surface area contributed by atoms with Crippen LogP contribution in [0.15, 0.2) is 18.3 Å². The Morgan fingerprint density at radius 1 is 1.43 bits per heavy atom. The van der Waals surface area contributed by atoms with Gasteiger partial charge in [0, 0.05) is 37.1 Å². The van der Waals surface area contributed by atoms with E-state index in [2.05, 4.69) is 14.7 Å². The highest BCUT2D eigenvalue weighted by Crippen LogP contribution is 2.17. The minimum Gasteiger partial charge on any atom is -0.398 e. The van der Waals surface area contributed by atoms with Crippen molar-refractivity contribution >= 4 is 11.3 Å². The summed E-state index contributed by atoms with van der Waals surface area (Å²) in [4.78, 5) is 4.54. The highest BCUT2D eigenvalue weighted by Gasteiger charge is 2.14. The van der Waals surface area contributed by atoms with E-state index in [-0.39, 0.29) is 0 Å². The summed E-state index contributed by atoms with van der Waals surface area (Å²) in [6.45, 7) is 1.90. The highest BCUT2D eigenvalue weighted by atomic mass is 15.1. The summed E-state index contributed by atoms with van der Waals surface area (Å²) >= 11 is 0. The van der Waals surface area contributed by atoms with Crippen LogP contribution in [0.25, 0.3) is 5.65 Å². The van der Waals surface area contributed by atoms with Gasteiger partial charge in [0.05, 0.1) is 5.69 Å².